The summed E-state index contributed by atoms with van der Waals surface area (Å²) in [7, 11) is 0. The summed E-state index contributed by atoms with van der Waals surface area (Å²) in [6.45, 7) is 1.64. The van der Waals surface area contributed by atoms with Gasteiger partial charge in [0.1, 0.15) is 5.25 Å². The summed E-state index contributed by atoms with van der Waals surface area (Å²) >= 11 is 1.25. The van der Waals surface area contributed by atoms with Crippen LogP contribution in [0.1, 0.15) is 6.92 Å². The second-order valence-corrected chi connectivity index (χ2v) is 4.02. The zero-order valence-corrected chi connectivity index (χ0v) is 8.04. The summed E-state index contributed by atoms with van der Waals surface area (Å²) < 4.78 is 0. The number of carboxylic acid groups (broad SMARTS) is 1. The van der Waals surface area contributed by atoms with E-state index in [1.807, 2.05) is 18.2 Å². The van der Waals surface area contributed by atoms with E-state index in [0.717, 1.165) is 4.90 Å². The maximum atomic E-state index is 10.6. The molecule has 70 valence electrons. The van der Waals surface area contributed by atoms with Gasteiger partial charge in [-0.05, 0) is 19.1 Å². The van der Waals surface area contributed by atoms with Crippen LogP contribution in [0, 0.1) is 0 Å². The van der Waals surface area contributed by atoms with Crippen molar-refractivity contribution in [3.05, 3.63) is 24.3 Å². The van der Waals surface area contributed by atoms with Gasteiger partial charge in [0.2, 0.25) is 0 Å². The zero-order valence-electron chi connectivity index (χ0n) is 7.23. The van der Waals surface area contributed by atoms with Crippen molar-refractivity contribution in [2.24, 2.45) is 0 Å². The van der Waals surface area contributed by atoms with Gasteiger partial charge >= 0.3 is 5.97 Å². The summed E-state index contributed by atoms with van der Waals surface area (Å²) in [6, 6.07) is 7.24. The quantitative estimate of drug-likeness (QED) is 0.573. The molecular formula is C9H11NO2S. The molecule has 1 aromatic rings. The second kappa shape index (κ2) is 4.18. The molecule has 0 aliphatic rings. The first-order valence-electron chi connectivity index (χ1n) is 3.85. The standard InChI is InChI=1S/C9H11NO2S/c1-6(9(11)12)13-8-5-3-2-4-7(8)10/h2-6H,10H2,1H3,(H,11,12)/t6-/m1/s1. The molecule has 1 rings (SSSR count). The van der Waals surface area contributed by atoms with Gasteiger partial charge in [0, 0.05) is 10.6 Å². The lowest BCUT2D eigenvalue weighted by Gasteiger charge is -2.07. The first-order valence-corrected chi connectivity index (χ1v) is 4.73. The molecule has 0 aromatic heterocycles. The third-order valence-electron chi connectivity index (χ3n) is 1.57. The molecule has 0 aliphatic heterocycles. The number of thioether (sulfide) groups is 1. The van der Waals surface area contributed by atoms with Crippen LogP contribution >= 0.6 is 11.8 Å². The maximum absolute atomic E-state index is 10.6. The Morgan fingerprint density at radius 2 is 2.15 bits per heavy atom. The van der Waals surface area contributed by atoms with Crippen LogP contribution in [-0.4, -0.2) is 16.3 Å². The fourth-order valence-corrected chi connectivity index (χ4v) is 1.67. The molecule has 1 atom stereocenters. The summed E-state index contributed by atoms with van der Waals surface area (Å²) in [4.78, 5) is 11.4. The van der Waals surface area contributed by atoms with E-state index >= 15 is 0 Å². The number of hydrogen-bond acceptors (Lipinski definition) is 3. The summed E-state index contributed by atoms with van der Waals surface area (Å²) in [6.07, 6.45) is 0. The van der Waals surface area contributed by atoms with Crippen molar-refractivity contribution in [1.29, 1.82) is 0 Å². The maximum Gasteiger partial charge on any atom is 0.316 e. The number of carboxylic acids is 1. The minimum atomic E-state index is -0.826. The van der Waals surface area contributed by atoms with Crippen LogP contribution in [0.15, 0.2) is 29.2 Å². The van der Waals surface area contributed by atoms with Crippen molar-refractivity contribution in [1.82, 2.24) is 0 Å². The van der Waals surface area contributed by atoms with Gasteiger partial charge in [0.05, 0.1) is 0 Å². The molecule has 0 amide bonds. The zero-order chi connectivity index (χ0) is 9.84. The second-order valence-electron chi connectivity index (χ2n) is 2.64. The number of anilines is 1. The highest BCUT2D eigenvalue weighted by molar-refractivity contribution is 8.00. The van der Waals surface area contributed by atoms with E-state index < -0.39 is 11.2 Å². The number of aliphatic carboxylic acids is 1. The van der Waals surface area contributed by atoms with Crippen LogP contribution in [0.5, 0.6) is 0 Å². The Bertz CT molecular complexity index is 314. The molecule has 0 saturated heterocycles. The van der Waals surface area contributed by atoms with Gasteiger partial charge in [-0.15, -0.1) is 11.8 Å². The van der Waals surface area contributed by atoms with E-state index in [-0.39, 0.29) is 0 Å². The highest BCUT2D eigenvalue weighted by atomic mass is 32.2. The predicted octanol–water partition coefficient (Wildman–Crippen LogP) is 1.83. The highest BCUT2D eigenvalue weighted by Gasteiger charge is 2.13. The van der Waals surface area contributed by atoms with Crippen molar-refractivity contribution in [2.45, 2.75) is 17.1 Å². The third kappa shape index (κ3) is 2.66. The lowest BCUT2D eigenvalue weighted by atomic mass is 10.3. The molecule has 1 aromatic carbocycles. The molecule has 3 nitrogen and oxygen atoms in total. The average Bonchev–Trinajstić information content (AvgIpc) is 2.08. The molecule has 0 spiro atoms. The topological polar surface area (TPSA) is 63.3 Å². The van der Waals surface area contributed by atoms with Crippen LogP contribution in [0.4, 0.5) is 5.69 Å². The lowest BCUT2D eigenvalue weighted by Crippen LogP contribution is -2.11. The van der Waals surface area contributed by atoms with Crippen molar-refractivity contribution < 1.29 is 9.90 Å². The number of nitrogens with two attached hydrogens (primary N) is 1. The van der Waals surface area contributed by atoms with Gasteiger partial charge in [-0.2, -0.15) is 0 Å². The Balaban J connectivity index is 2.74. The smallest absolute Gasteiger partial charge is 0.316 e. The highest BCUT2D eigenvalue weighted by Crippen LogP contribution is 2.28. The normalized spacial score (nSPS) is 12.4. The number of nitrogen functional groups attached to an aromatic ring is 1. The number of rotatable bonds is 3. The van der Waals surface area contributed by atoms with Gasteiger partial charge in [0.25, 0.3) is 0 Å². The van der Waals surface area contributed by atoms with E-state index in [1.165, 1.54) is 11.8 Å². The summed E-state index contributed by atoms with van der Waals surface area (Å²) in [5.74, 6) is -0.826. The average molecular weight is 197 g/mol. The Labute approximate surface area is 80.9 Å². The molecule has 0 radical (unpaired) electrons. The van der Waals surface area contributed by atoms with E-state index in [2.05, 4.69) is 0 Å². The van der Waals surface area contributed by atoms with E-state index in [1.54, 1.807) is 13.0 Å². The molecule has 0 heterocycles. The Morgan fingerprint density at radius 1 is 1.54 bits per heavy atom. The SMILES string of the molecule is C[C@@H](Sc1ccccc1N)C(=O)O. The van der Waals surface area contributed by atoms with Crippen molar-refractivity contribution in [3.63, 3.8) is 0 Å². The number of para-hydroxylation sites is 1. The molecule has 13 heavy (non-hydrogen) atoms. The van der Waals surface area contributed by atoms with Crippen molar-refractivity contribution >= 4 is 23.4 Å². The van der Waals surface area contributed by atoms with Gasteiger partial charge < -0.3 is 10.8 Å². The predicted molar refractivity (Wildman–Crippen MR) is 53.8 cm³/mol. The van der Waals surface area contributed by atoms with Crippen LogP contribution < -0.4 is 5.73 Å². The first kappa shape index (κ1) is 9.92. The third-order valence-corrected chi connectivity index (χ3v) is 2.75. The fraction of sp³-hybridized carbons (Fsp3) is 0.222. The largest absolute Gasteiger partial charge is 0.480 e. The number of carbonyl (C=O) groups is 1. The molecule has 0 aliphatic carbocycles. The van der Waals surface area contributed by atoms with E-state index in [9.17, 15) is 4.79 Å². The number of hydrogen-bond donors (Lipinski definition) is 2. The van der Waals surface area contributed by atoms with E-state index in [4.69, 9.17) is 10.8 Å². The summed E-state index contributed by atoms with van der Waals surface area (Å²) in [5, 5.41) is 8.20. The summed E-state index contributed by atoms with van der Waals surface area (Å²) in [5.41, 5.74) is 6.28. The molecule has 0 fully saturated rings. The molecular weight excluding hydrogens is 186 g/mol. The molecule has 0 saturated carbocycles. The van der Waals surface area contributed by atoms with Crippen LogP contribution in [0.3, 0.4) is 0 Å². The van der Waals surface area contributed by atoms with E-state index in [0.29, 0.717) is 5.69 Å². The van der Waals surface area contributed by atoms with Gasteiger partial charge in [-0.1, -0.05) is 12.1 Å². The molecule has 0 unspecified atom stereocenters. The number of benzene rings is 1. The van der Waals surface area contributed by atoms with Gasteiger partial charge in [-0.25, -0.2) is 0 Å². The van der Waals surface area contributed by atoms with Gasteiger partial charge in [0.15, 0.2) is 0 Å². The molecule has 0 bridgehead atoms. The van der Waals surface area contributed by atoms with Crippen LogP contribution in [0.25, 0.3) is 0 Å². The Morgan fingerprint density at radius 3 is 2.69 bits per heavy atom. The molecule has 4 heteroatoms. The fourth-order valence-electron chi connectivity index (χ4n) is 0.829. The molecule has 3 N–H and O–H groups in total. The lowest BCUT2D eigenvalue weighted by molar-refractivity contribution is -0.136. The van der Waals surface area contributed by atoms with Crippen molar-refractivity contribution in [3.8, 4) is 0 Å². The van der Waals surface area contributed by atoms with Crippen molar-refractivity contribution in [2.75, 3.05) is 5.73 Å². The minimum Gasteiger partial charge on any atom is -0.480 e. The van der Waals surface area contributed by atoms with Crippen LogP contribution in [0.2, 0.25) is 0 Å². The van der Waals surface area contributed by atoms with Crippen LogP contribution in [-0.2, 0) is 4.79 Å². The monoisotopic (exact) mass is 197 g/mol. The Hall–Kier alpha value is -1.16. The first-order chi connectivity index (χ1) is 6.11. The minimum absolute atomic E-state index is 0.468. The Kier molecular flexibility index (Phi) is 3.19. The van der Waals surface area contributed by atoms with Gasteiger partial charge in [-0.3, -0.25) is 4.79 Å².